The zero-order chi connectivity index (χ0) is 13.1. The lowest BCUT2D eigenvalue weighted by Crippen LogP contribution is -2.47. The summed E-state index contributed by atoms with van der Waals surface area (Å²) in [5, 5.41) is 9.22. The summed E-state index contributed by atoms with van der Waals surface area (Å²) in [5.74, 6) is -1.72. The zero-order valence-electron chi connectivity index (χ0n) is 10.8. The van der Waals surface area contributed by atoms with Gasteiger partial charge >= 0.3 is 5.97 Å². The molecule has 0 bridgehead atoms. The zero-order valence-corrected chi connectivity index (χ0v) is 10.8. The Labute approximate surface area is 108 Å². The fourth-order valence-corrected chi connectivity index (χ4v) is 3.00. The predicted molar refractivity (Wildman–Crippen MR) is 68.0 cm³/mol. The highest BCUT2D eigenvalue weighted by Crippen LogP contribution is 2.30. The Kier molecular flexibility index (Phi) is 4.04. The number of carbonyl (C=O) groups excluding carboxylic acids is 1. The first-order valence-corrected chi connectivity index (χ1v) is 6.79. The number of piperidine rings is 1. The SMILES string of the molecule is C[C@@H]1CCCCN1C(=O)[C@H]1CC=CC[C@H]1C(=O)O. The Bertz CT molecular complexity index is 364. The lowest BCUT2D eigenvalue weighted by Gasteiger charge is -2.37. The number of hydrogen-bond donors (Lipinski definition) is 1. The molecule has 0 aromatic carbocycles. The third-order valence-corrected chi connectivity index (χ3v) is 4.15. The van der Waals surface area contributed by atoms with Crippen molar-refractivity contribution in [1.82, 2.24) is 4.90 Å². The molecule has 1 amide bonds. The van der Waals surface area contributed by atoms with Crippen molar-refractivity contribution in [3.05, 3.63) is 12.2 Å². The van der Waals surface area contributed by atoms with E-state index in [1.807, 2.05) is 17.1 Å². The van der Waals surface area contributed by atoms with Crippen molar-refractivity contribution >= 4 is 11.9 Å². The third kappa shape index (κ3) is 2.57. The average molecular weight is 251 g/mol. The second-order valence-corrected chi connectivity index (χ2v) is 5.37. The highest BCUT2D eigenvalue weighted by atomic mass is 16.4. The van der Waals surface area contributed by atoms with Crippen LogP contribution in [0.3, 0.4) is 0 Å². The maximum absolute atomic E-state index is 12.5. The number of hydrogen-bond acceptors (Lipinski definition) is 2. The molecule has 1 fully saturated rings. The van der Waals surface area contributed by atoms with Crippen LogP contribution in [-0.2, 0) is 9.59 Å². The minimum atomic E-state index is -0.845. The van der Waals surface area contributed by atoms with Crippen molar-refractivity contribution < 1.29 is 14.7 Å². The third-order valence-electron chi connectivity index (χ3n) is 4.15. The average Bonchev–Trinajstić information content (AvgIpc) is 2.38. The van der Waals surface area contributed by atoms with Gasteiger partial charge < -0.3 is 10.0 Å². The van der Waals surface area contributed by atoms with Gasteiger partial charge in [-0.15, -0.1) is 0 Å². The van der Waals surface area contributed by atoms with Crippen LogP contribution in [-0.4, -0.2) is 34.5 Å². The van der Waals surface area contributed by atoms with E-state index in [-0.39, 0.29) is 17.9 Å². The normalized spacial score (nSPS) is 32.3. The summed E-state index contributed by atoms with van der Waals surface area (Å²) >= 11 is 0. The quantitative estimate of drug-likeness (QED) is 0.764. The standard InChI is InChI=1S/C14H21NO3/c1-10-6-4-5-9-15(10)13(16)11-7-2-3-8-12(11)14(17)18/h2-3,10-12H,4-9H2,1H3,(H,17,18)/t10-,11+,12-/m1/s1. The number of aliphatic carboxylic acids is 1. The highest BCUT2D eigenvalue weighted by molar-refractivity contribution is 5.85. The summed E-state index contributed by atoms with van der Waals surface area (Å²) in [4.78, 5) is 25.6. The van der Waals surface area contributed by atoms with E-state index >= 15 is 0 Å². The summed E-state index contributed by atoms with van der Waals surface area (Å²) in [5.41, 5.74) is 0. The van der Waals surface area contributed by atoms with E-state index in [9.17, 15) is 14.7 Å². The van der Waals surface area contributed by atoms with Gasteiger partial charge in [-0.1, -0.05) is 12.2 Å². The van der Waals surface area contributed by atoms with Gasteiger partial charge in [-0.05, 0) is 39.0 Å². The molecule has 1 saturated heterocycles. The maximum atomic E-state index is 12.5. The lowest BCUT2D eigenvalue weighted by atomic mass is 9.81. The van der Waals surface area contributed by atoms with E-state index in [4.69, 9.17) is 0 Å². The second-order valence-electron chi connectivity index (χ2n) is 5.37. The van der Waals surface area contributed by atoms with Gasteiger partial charge in [-0.3, -0.25) is 9.59 Å². The molecule has 4 heteroatoms. The minimum absolute atomic E-state index is 0.0407. The second kappa shape index (κ2) is 5.55. The van der Waals surface area contributed by atoms with Gasteiger partial charge in [0.1, 0.15) is 0 Å². The number of carboxylic acids is 1. The summed E-state index contributed by atoms with van der Waals surface area (Å²) in [6.07, 6.45) is 8.10. The molecule has 0 unspecified atom stereocenters. The first-order valence-electron chi connectivity index (χ1n) is 6.79. The van der Waals surface area contributed by atoms with Crippen molar-refractivity contribution in [2.45, 2.75) is 45.1 Å². The van der Waals surface area contributed by atoms with Crippen LogP contribution in [0, 0.1) is 11.8 Å². The molecule has 2 aliphatic rings. The van der Waals surface area contributed by atoms with Crippen LogP contribution < -0.4 is 0 Å². The Morgan fingerprint density at radius 1 is 1.17 bits per heavy atom. The summed E-state index contributed by atoms with van der Waals surface area (Å²) in [7, 11) is 0. The number of carbonyl (C=O) groups is 2. The van der Waals surface area contributed by atoms with E-state index < -0.39 is 11.9 Å². The molecule has 0 saturated carbocycles. The molecule has 0 spiro atoms. The van der Waals surface area contributed by atoms with Gasteiger partial charge in [0.2, 0.25) is 5.91 Å². The van der Waals surface area contributed by atoms with Gasteiger partial charge in [0.05, 0.1) is 11.8 Å². The molecule has 3 atom stereocenters. The molecule has 0 radical (unpaired) electrons. The number of rotatable bonds is 2. The topological polar surface area (TPSA) is 57.6 Å². The van der Waals surface area contributed by atoms with Gasteiger partial charge in [0.25, 0.3) is 0 Å². The summed E-state index contributed by atoms with van der Waals surface area (Å²) in [6.45, 7) is 2.85. The minimum Gasteiger partial charge on any atom is -0.481 e. The van der Waals surface area contributed by atoms with Crippen molar-refractivity contribution in [2.75, 3.05) is 6.54 Å². The van der Waals surface area contributed by atoms with Crippen LogP contribution in [0.25, 0.3) is 0 Å². The maximum Gasteiger partial charge on any atom is 0.307 e. The molecule has 1 aliphatic heterocycles. The van der Waals surface area contributed by atoms with Crippen molar-refractivity contribution in [3.63, 3.8) is 0 Å². The van der Waals surface area contributed by atoms with Crippen molar-refractivity contribution in [2.24, 2.45) is 11.8 Å². The van der Waals surface area contributed by atoms with E-state index in [0.29, 0.717) is 12.8 Å². The van der Waals surface area contributed by atoms with Crippen LogP contribution in [0.15, 0.2) is 12.2 Å². The van der Waals surface area contributed by atoms with E-state index in [1.165, 1.54) is 0 Å². The summed E-state index contributed by atoms with van der Waals surface area (Å²) < 4.78 is 0. The van der Waals surface area contributed by atoms with Gasteiger partial charge in [-0.2, -0.15) is 0 Å². The molecule has 1 N–H and O–H groups in total. The Balaban J connectivity index is 2.11. The molecule has 0 aromatic heterocycles. The van der Waals surface area contributed by atoms with E-state index in [1.54, 1.807) is 0 Å². The predicted octanol–water partition coefficient (Wildman–Crippen LogP) is 2.05. The molecule has 2 rings (SSSR count). The monoisotopic (exact) mass is 251 g/mol. The van der Waals surface area contributed by atoms with Crippen LogP contribution >= 0.6 is 0 Å². The lowest BCUT2D eigenvalue weighted by molar-refractivity contribution is -0.152. The van der Waals surface area contributed by atoms with Crippen LogP contribution in [0.2, 0.25) is 0 Å². The highest BCUT2D eigenvalue weighted by Gasteiger charge is 2.37. The fourth-order valence-electron chi connectivity index (χ4n) is 3.00. The van der Waals surface area contributed by atoms with Gasteiger partial charge in [0, 0.05) is 12.6 Å². The Hall–Kier alpha value is -1.32. The van der Waals surface area contributed by atoms with Crippen LogP contribution in [0.1, 0.15) is 39.0 Å². The molecule has 1 heterocycles. The fraction of sp³-hybridized carbons (Fsp3) is 0.714. The molecular weight excluding hydrogens is 230 g/mol. The smallest absolute Gasteiger partial charge is 0.307 e. The van der Waals surface area contributed by atoms with Crippen LogP contribution in [0.5, 0.6) is 0 Å². The van der Waals surface area contributed by atoms with E-state index in [2.05, 4.69) is 6.92 Å². The summed E-state index contributed by atoms with van der Waals surface area (Å²) in [6, 6.07) is 0.256. The van der Waals surface area contributed by atoms with E-state index in [0.717, 1.165) is 25.8 Å². The number of nitrogens with zero attached hydrogens (tertiary/aromatic N) is 1. The molecule has 0 aromatic rings. The first-order chi connectivity index (χ1) is 8.61. The van der Waals surface area contributed by atoms with Gasteiger partial charge in [0.15, 0.2) is 0 Å². The van der Waals surface area contributed by atoms with Crippen molar-refractivity contribution in [1.29, 1.82) is 0 Å². The first kappa shape index (κ1) is 13.1. The molecule has 100 valence electrons. The number of allylic oxidation sites excluding steroid dienone is 2. The number of amides is 1. The number of likely N-dealkylation sites (tertiary alicyclic amines) is 1. The molecule has 1 aliphatic carbocycles. The molecule has 18 heavy (non-hydrogen) atoms. The Morgan fingerprint density at radius 2 is 1.83 bits per heavy atom. The number of carboxylic acid groups (broad SMARTS) is 1. The van der Waals surface area contributed by atoms with Crippen molar-refractivity contribution in [3.8, 4) is 0 Å². The molecule has 4 nitrogen and oxygen atoms in total. The van der Waals surface area contributed by atoms with Crippen LogP contribution in [0.4, 0.5) is 0 Å². The molecular formula is C14H21NO3. The Morgan fingerprint density at radius 3 is 2.44 bits per heavy atom. The largest absolute Gasteiger partial charge is 0.481 e. The van der Waals surface area contributed by atoms with Gasteiger partial charge in [-0.25, -0.2) is 0 Å².